The highest BCUT2D eigenvalue weighted by molar-refractivity contribution is 6.45. The molecule has 26 heavy (non-hydrogen) atoms. The summed E-state index contributed by atoms with van der Waals surface area (Å²) in [5.74, 6) is -1.70. The van der Waals surface area contributed by atoms with E-state index in [1.165, 1.54) is 4.90 Å². The van der Waals surface area contributed by atoms with E-state index >= 15 is 0 Å². The first-order valence-corrected chi connectivity index (χ1v) is 9.00. The van der Waals surface area contributed by atoms with Crippen molar-refractivity contribution in [2.75, 3.05) is 19.7 Å². The quantitative estimate of drug-likeness (QED) is 0.479. The molecule has 6 nitrogen and oxygen atoms in total. The summed E-state index contributed by atoms with van der Waals surface area (Å²) in [6, 6.07) is 7.56. The monoisotopic (exact) mass is 356 g/mol. The number of carbonyl (C=O) groups is 3. The fourth-order valence-electron chi connectivity index (χ4n) is 3.67. The maximum atomic E-state index is 13.0. The van der Waals surface area contributed by atoms with Gasteiger partial charge in [0.15, 0.2) is 0 Å². The van der Waals surface area contributed by atoms with E-state index < -0.39 is 11.7 Å². The van der Waals surface area contributed by atoms with Gasteiger partial charge in [-0.05, 0) is 32.8 Å². The van der Waals surface area contributed by atoms with Crippen molar-refractivity contribution in [1.29, 1.82) is 0 Å². The van der Waals surface area contributed by atoms with E-state index in [0.29, 0.717) is 31.6 Å². The van der Waals surface area contributed by atoms with Crippen molar-refractivity contribution in [1.82, 2.24) is 9.47 Å². The first kappa shape index (κ1) is 18.2. The summed E-state index contributed by atoms with van der Waals surface area (Å²) < 4.78 is 6.99. The lowest BCUT2D eigenvalue weighted by Gasteiger charge is -2.31. The molecule has 1 aromatic carbocycles. The zero-order valence-corrected chi connectivity index (χ0v) is 15.4. The number of Topliss-reactive ketones (excluding diaryl/α,β-unsaturated/α-hetero) is 1. The maximum Gasteiger partial charge on any atom is 0.310 e. The van der Waals surface area contributed by atoms with Crippen molar-refractivity contribution in [3.05, 3.63) is 35.5 Å². The number of aryl methyl sites for hydroxylation is 1. The Morgan fingerprint density at radius 1 is 1.23 bits per heavy atom. The summed E-state index contributed by atoms with van der Waals surface area (Å²) in [6.07, 6.45) is 1.38. The van der Waals surface area contributed by atoms with Crippen LogP contribution in [0.5, 0.6) is 0 Å². The number of esters is 1. The van der Waals surface area contributed by atoms with Crippen LogP contribution in [0.1, 0.15) is 35.8 Å². The third kappa shape index (κ3) is 3.11. The minimum Gasteiger partial charge on any atom is -0.466 e. The summed E-state index contributed by atoms with van der Waals surface area (Å²) >= 11 is 0. The molecule has 0 radical (unpaired) electrons. The van der Waals surface area contributed by atoms with Crippen LogP contribution in [-0.2, 0) is 21.4 Å². The average Bonchev–Trinajstić information content (AvgIpc) is 2.92. The van der Waals surface area contributed by atoms with Crippen LogP contribution in [0, 0.1) is 12.8 Å². The molecule has 138 valence electrons. The van der Waals surface area contributed by atoms with Crippen molar-refractivity contribution in [3.8, 4) is 0 Å². The Morgan fingerprint density at radius 3 is 2.69 bits per heavy atom. The Balaban J connectivity index is 1.86. The SMILES string of the molecule is CCOC(=O)[C@@H]1CCCN(C(=O)C(=O)c2c(C)n(C)c3ccccc23)C1. The predicted octanol–water partition coefficient (Wildman–Crippen LogP) is 2.47. The molecule has 6 heteroatoms. The lowest BCUT2D eigenvalue weighted by Crippen LogP contribution is -2.45. The molecule has 0 unspecified atom stereocenters. The van der Waals surface area contributed by atoms with Crippen LogP contribution >= 0.6 is 0 Å². The van der Waals surface area contributed by atoms with Gasteiger partial charge in [-0.3, -0.25) is 14.4 Å². The Morgan fingerprint density at radius 2 is 1.96 bits per heavy atom. The van der Waals surface area contributed by atoms with Crippen molar-refractivity contribution in [2.45, 2.75) is 26.7 Å². The minimum atomic E-state index is -0.543. The van der Waals surface area contributed by atoms with Crippen LogP contribution in [0.15, 0.2) is 24.3 Å². The number of nitrogens with zero attached hydrogens (tertiary/aromatic N) is 2. The minimum absolute atomic E-state index is 0.243. The summed E-state index contributed by atoms with van der Waals surface area (Å²) in [4.78, 5) is 39.3. The zero-order chi connectivity index (χ0) is 18.8. The van der Waals surface area contributed by atoms with Crippen LogP contribution < -0.4 is 0 Å². The molecule has 1 aliphatic rings. The van der Waals surface area contributed by atoms with Gasteiger partial charge in [0.25, 0.3) is 11.7 Å². The Bertz CT molecular complexity index is 868. The molecule has 1 aliphatic heterocycles. The van der Waals surface area contributed by atoms with E-state index in [9.17, 15) is 14.4 Å². The lowest BCUT2D eigenvalue weighted by atomic mass is 9.97. The summed E-state index contributed by atoms with van der Waals surface area (Å²) in [7, 11) is 1.89. The van der Waals surface area contributed by atoms with E-state index in [2.05, 4.69) is 0 Å². The smallest absolute Gasteiger partial charge is 0.310 e. The maximum absolute atomic E-state index is 13.0. The highest BCUT2D eigenvalue weighted by Gasteiger charge is 2.34. The number of hydrogen-bond acceptors (Lipinski definition) is 4. The fourth-order valence-corrected chi connectivity index (χ4v) is 3.67. The highest BCUT2D eigenvalue weighted by atomic mass is 16.5. The molecule has 1 saturated heterocycles. The topological polar surface area (TPSA) is 68.6 Å². The second-order valence-corrected chi connectivity index (χ2v) is 6.71. The molecule has 0 saturated carbocycles. The van der Waals surface area contributed by atoms with Gasteiger partial charge in [0.05, 0.1) is 18.1 Å². The standard InChI is InChI=1S/C20H24N2O4/c1-4-26-20(25)14-8-7-11-22(12-14)19(24)18(23)17-13(2)21(3)16-10-6-5-9-15(16)17/h5-6,9-10,14H,4,7-8,11-12H2,1-3H3/t14-/m1/s1. The summed E-state index contributed by atoms with van der Waals surface area (Å²) in [6.45, 7) is 4.66. The number of ether oxygens (including phenoxy) is 1. The molecule has 1 aromatic heterocycles. The lowest BCUT2D eigenvalue weighted by molar-refractivity contribution is -0.150. The van der Waals surface area contributed by atoms with Gasteiger partial charge in [-0.2, -0.15) is 0 Å². The predicted molar refractivity (Wildman–Crippen MR) is 97.9 cm³/mol. The van der Waals surface area contributed by atoms with Gasteiger partial charge in [0, 0.05) is 36.7 Å². The third-order valence-corrected chi connectivity index (χ3v) is 5.15. The second-order valence-electron chi connectivity index (χ2n) is 6.71. The normalized spacial score (nSPS) is 17.3. The number of piperidine rings is 1. The van der Waals surface area contributed by atoms with Crippen LogP contribution in [0.3, 0.4) is 0 Å². The number of aromatic nitrogens is 1. The van der Waals surface area contributed by atoms with Gasteiger partial charge in [0.1, 0.15) is 0 Å². The average molecular weight is 356 g/mol. The number of likely N-dealkylation sites (tertiary alicyclic amines) is 1. The number of para-hydroxylation sites is 1. The van der Waals surface area contributed by atoms with Gasteiger partial charge in [-0.15, -0.1) is 0 Å². The van der Waals surface area contributed by atoms with Gasteiger partial charge in [0.2, 0.25) is 0 Å². The molecular formula is C20H24N2O4. The van der Waals surface area contributed by atoms with E-state index in [0.717, 1.165) is 16.6 Å². The number of carbonyl (C=O) groups excluding carboxylic acids is 3. The van der Waals surface area contributed by atoms with Crippen LogP contribution in [0.4, 0.5) is 0 Å². The Labute approximate surface area is 152 Å². The van der Waals surface area contributed by atoms with Crippen LogP contribution in [-0.4, -0.2) is 46.8 Å². The largest absolute Gasteiger partial charge is 0.466 e. The van der Waals surface area contributed by atoms with Crippen LogP contribution in [0.2, 0.25) is 0 Å². The highest BCUT2D eigenvalue weighted by Crippen LogP contribution is 2.26. The van der Waals surface area contributed by atoms with E-state index in [1.807, 2.05) is 42.8 Å². The molecule has 0 spiro atoms. The molecule has 2 aromatic rings. The summed E-state index contributed by atoms with van der Waals surface area (Å²) in [5.41, 5.74) is 2.14. The third-order valence-electron chi connectivity index (χ3n) is 5.15. The fraction of sp³-hybridized carbons (Fsp3) is 0.450. The number of fused-ring (bicyclic) bond motifs is 1. The molecule has 1 atom stereocenters. The number of hydrogen-bond donors (Lipinski definition) is 0. The number of benzene rings is 1. The molecule has 0 aliphatic carbocycles. The van der Waals surface area contributed by atoms with Crippen molar-refractivity contribution in [3.63, 3.8) is 0 Å². The number of amides is 1. The van der Waals surface area contributed by atoms with Gasteiger partial charge in [-0.1, -0.05) is 18.2 Å². The Kier molecular flexibility index (Phi) is 5.11. The van der Waals surface area contributed by atoms with Crippen molar-refractivity contribution in [2.24, 2.45) is 13.0 Å². The van der Waals surface area contributed by atoms with Gasteiger partial charge in [-0.25, -0.2) is 0 Å². The first-order chi connectivity index (χ1) is 12.5. The van der Waals surface area contributed by atoms with E-state index in [4.69, 9.17) is 4.74 Å². The molecule has 3 rings (SSSR count). The van der Waals surface area contributed by atoms with E-state index in [1.54, 1.807) is 6.92 Å². The van der Waals surface area contributed by atoms with Crippen molar-refractivity contribution >= 4 is 28.6 Å². The molecule has 0 bridgehead atoms. The first-order valence-electron chi connectivity index (χ1n) is 9.00. The molecule has 1 fully saturated rings. The summed E-state index contributed by atoms with van der Waals surface area (Å²) in [5, 5.41) is 0.782. The number of rotatable bonds is 4. The molecule has 1 amide bonds. The Hall–Kier alpha value is -2.63. The molecular weight excluding hydrogens is 332 g/mol. The molecule has 2 heterocycles. The second kappa shape index (κ2) is 7.32. The van der Waals surface area contributed by atoms with Gasteiger partial charge >= 0.3 is 5.97 Å². The van der Waals surface area contributed by atoms with Crippen LogP contribution in [0.25, 0.3) is 10.9 Å². The zero-order valence-electron chi connectivity index (χ0n) is 15.4. The van der Waals surface area contributed by atoms with Crippen molar-refractivity contribution < 1.29 is 19.1 Å². The number of ketones is 1. The molecule has 0 N–H and O–H groups in total. The van der Waals surface area contributed by atoms with Gasteiger partial charge < -0.3 is 14.2 Å². The van der Waals surface area contributed by atoms with E-state index in [-0.39, 0.29) is 18.4 Å².